The number of carbonyl (C=O) groups excluding carboxylic acids is 1. The van der Waals surface area contributed by atoms with Crippen molar-refractivity contribution in [3.8, 4) is 0 Å². The normalized spacial score (nSPS) is 22.5. The van der Waals surface area contributed by atoms with Gasteiger partial charge in [0.2, 0.25) is 5.91 Å². The van der Waals surface area contributed by atoms with Crippen molar-refractivity contribution < 1.29 is 4.79 Å². The molecule has 1 N–H and O–H groups in total. The summed E-state index contributed by atoms with van der Waals surface area (Å²) in [5, 5.41) is 4.23. The van der Waals surface area contributed by atoms with E-state index in [-0.39, 0.29) is 12.4 Å². The molecule has 2 unspecified atom stereocenters. The number of amides is 1. The molecule has 1 aromatic rings. The number of rotatable bonds is 5. The van der Waals surface area contributed by atoms with Gasteiger partial charge in [-0.3, -0.25) is 4.79 Å². The third-order valence-electron chi connectivity index (χ3n) is 5.80. The van der Waals surface area contributed by atoms with Crippen molar-refractivity contribution in [2.24, 2.45) is 11.8 Å². The van der Waals surface area contributed by atoms with Crippen molar-refractivity contribution in [2.75, 3.05) is 19.6 Å². The molecule has 2 saturated heterocycles. The van der Waals surface area contributed by atoms with Crippen molar-refractivity contribution in [2.45, 2.75) is 51.5 Å². The van der Waals surface area contributed by atoms with Gasteiger partial charge in [0.05, 0.1) is 0 Å². The van der Waals surface area contributed by atoms with E-state index in [4.69, 9.17) is 11.6 Å². The first-order valence-corrected chi connectivity index (χ1v) is 9.76. The lowest BCUT2D eigenvalue weighted by Crippen LogP contribution is -2.39. The van der Waals surface area contributed by atoms with E-state index in [0.29, 0.717) is 30.2 Å². The Labute approximate surface area is 162 Å². The zero-order chi connectivity index (χ0) is 16.9. The number of carbonyl (C=O) groups is 1. The molecular weight excluding hydrogens is 355 g/mol. The summed E-state index contributed by atoms with van der Waals surface area (Å²) in [4.78, 5) is 15.0. The van der Waals surface area contributed by atoms with Gasteiger partial charge in [0.1, 0.15) is 0 Å². The van der Waals surface area contributed by atoms with Crippen LogP contribution in [0.15, 0.2) is 24.3 Å². The summed E-state index contributed by atoms with van der Waals surface area (Å²) < 4.78 is 0. The van der Waals surface area contributed by atoms with E-state index in [1.54, 1.807) is 0 Å². The fourth-order valence-corrected chi connectivity index (χ4v) is 4.48. The maximum absolute atomic E-state index is 12.9. The Morgan fingerprint density at radius 2 is 2.00 bits per heavy atom. The number of benzene rings is 1. The van der Waals surface area contributed by atoms with Gasteiger partial charge in [-0.25, -0.2) is 0 Å². The van der Waals surface area contributed by atoms with Crippen LogP contribution in [0, 0.1) is 11.8 Å². The Bertz CT molecular complexity index is 560. The maximum Gasteiger partial charge on any atom is 0.223 e. The van der Waals surface area contributed by atoms with E-state index >= 15 is 0 Å². The second kappa shape index (κ2) is 9.80. The first-order chi connectivity index (χ1) is 11.6. The molecule has 2 atom stereocenters. The molecule has 0 radical (unpaired) electrons. The molecule has 1 amide bonds. The fourth-order valence-electron chi connectivity index (χ4n) is 4.27. The molecule has 0 spiro atoms. The lowest BCUT2D eigenvalue weighted by atomic mass is 9.84. The van der Waals surface area contributed by atoms with E-state index in [9.17, 15) is 4.79 Å². The van der Waals surface area contributed by atoms with Gasteiger partial charge in [-0.15, -0.1) is 12.4 Å². The van der Waals surface area contributed by atoms with Crippen LogP contribution in [0.3, 0.4) is 0 Å². The molecular formula is C20H30Cl2N2O. The Morgan fingerprint density at radius 3 is 2.72 bits per heavy atom. The Kier molecular flexibility index (Phi) is 8.05. The van der Waals surface area contributed by atoms with Crippen molar-refractivity contribution in [1.29, 1.82) is 0 Å². The van der Waals surface area contributed by atoms with Crippen molar-refractivity contribution in [1.82, 2.24) is 10.2 Å². The lowest BCUT2D eigenvalue weighted by Gasteiger charge is -2.31. The predicted molar refractivity (Wildman–Crippen MR) is 107 cm³/mol. The Balaban J connectivity index is 0.00000225. The van der Waals surface area contributed by atoms with E-state index in [1.807, 2.05) is 18.2 Å². The SMILES string of the molecule is CC(CC(=O)N1CCCC1Cc1ccccc1Cl)C1CCNCC1.Cl. The second-order valence-electron chi connectivity index (χ2n) is 7.45. The van der Waals surface area contributed by atoms with E-state index in [0.717, 1.165) is 49.5 Å². The highest BCUT2D eigenvalue weighted by atomic mass is 35.5. The lowest BCUT2D eigenvalue weighted by molar-refractivity contribution is -0.133. The molecule has 140 valence electrons. The summed E-state index contributed by atoms with van der Waals surface area (Å²) in [6, 6.07) is 8.33. The molecule has 2 fully saturated rings. The van der Waals surface area contributed by atoms with E-state index in [2.05, 4.69) is 23.2 Å². The summed E-state index contributed by atoms with van der Waals surface area (Å²) in [5.41, 5.74) is 1.16. The highest BCUT2D eigenvalue weighted by Gasteiger charge is 2.31. The number of hydrogen-bond acceptors (Lipinski definition) is 2. The van der Waals surface area contributed by atoms with Crippen molar-refractivity contribution >= 4 is 29.9 Å². The molecule has 0 aromatic heterocycles. The van der Waals surface area contributed by atoms with Crippen LogP contribution in [0.5, 0.6) is 0 Å². The summed E-state index contributed by atoms with van der Waals surface area (Å²) in [6.45, 7) is 5.37. The first-order valence-electron chi connectivity index (χ1n) is 9.38. The third-order valence-corrected chi connectivity index (χ3v) is 6.16. The fraction of sp³-hybridized carbons (Fsp3) is 0.650. The molecule has 2 aliphatic heterocycles. The number of piperidine rings is 1. The Hall–Kier alpha value is -0.770. The highest BCUT2D eigenvalue weighted by molar-refractivity contribution is 6.31. The molecule has 5 heteroatoms. The zero-order valence-electron chi connectivity index (χ0n) is 15.0. The van der Waals surface area contributed by atoms with Crippen LogP contribution in [0.1, 0.15) is 44.6 Å². The van der Waals surface area contributed by atoms with Gasteiger partial charge in [0.25, 0.3) is 0 Å². The van der Waals surface area contributed by atoms with Gasteiger partial charge in [0.15, 0.2) is 0 Å². The molecule has 2 aliphatic rings. The molecule has 25 heavy (non-hydrogen) atoms. The minimum absolute atomic E-state index is 0. The van der Waals surface area contributed by atoms with Crippen molar-refractivity contribution in [3.05, 3.63) is 34.9 Å². The standard InChI is InChI=1S/C20H29ClN2O.ClH/c1-15(16-8-10-22-11-9-16)13-20(24)23-12-4-6-18(23)14-17-5-2-3-7-19(17)21;/h2-3,5,7,15-16,18,22H,4,6,8-14H2,1H3;1H. The minimum atomic E-state index is 0. The van der Waals surface area contributed by atoms with Crippen LogP contribution < -0.4 is 5.32 Å². The average molecular weight is 385 g/mol. The average Bonchev–Trinajstić information content (AvgIpc) is 3.06. The molecule has 1 aromatic carbocycles. The molecule has 3 rings (SSSR count). The van der Waals surface area contributed by atoms with Gasteiger partial charge >= 0.3 is 0 Å². The largest absolute Gasteiger partial charge is 0.339 e. The molecule has 2 heterocycles. The Morgan fingerprint density at radius 1 is 1.28 bits per heavy atom. The summed E-state index contributed by atoms with van der Waals surface area (Å²) in [7, 11) is 0. The van der Waals surface area contributed by atoms with Gasteiger partial charge < -0.3 is 10.2 Å². The molecule has 3 nitrogen and oxygen atoms in total. The summed E-state index contributed by atoms with van der Waals surface area (Å²) in [6.07, 6.45) is 6.20. The quantitative estimate of drug-likeness (QED) is 0.819. The van der Waals surface area contributed by atoms with E-state index < -0.39 is 0 Å². The smallest absolute Gasteiger partial charge is 0.223 e. The van der Waals surface area contributed by atoms with Crippen molar-refractivity contribution in [3.63, 3.8) is 0 Å². The van der Waals surface area contributed by atoms with Crippen LogP contribution in [-0.4, -0.2) is 36.5 Å². The molecule has 0 bridgehead atoms. The highest BCUT2D eigenvalue weighted by Crippen LogP contribution is 2.29. The van der Waals surface area contributed by atoms with Crippen LogP contribution in [0.4, 0.5) is 0 Å². The maximum atomic E-state index is 12.9. The van der Waals surface area contributed by atoms with Crippen LogP contribution in [0.2, 0.25) is 5.02 Å². The number of nitrogens with zero attached hydrogens (tertiary/aromatic N) is 1. The molecule has 0 aliphatic carbocycles. The van der Waals surface area contributed by atoms with Crippen LogP contribution in [0.25, 0.3) is 0 Å². The summed E-state index contributed by atoms with van der Waals surface area (Å²) in [5.74, 6) is 1.52. The van der Waals surface area contributed by atoms with Crippen LogP contribution in [-0.2, 0) is 11.2 Å². The van der Waals surface area contributed by atoms with Gasteiger partial charge in [-0.1, -0.05) is 36.7 Å². The topological polar surface area (TPSA) is 32.3 Å². The second-order valence-corrected chi connectivity index (χ2v) is 7.85. The van der Waals surface area contributed by atoms with Gasteiger partial charge in [-0.05, 0) is 68.7 Å². The van der Waals surface area contributed by atoms with E-state index in [1.165, 1.54) is 12.8 Å². The molecule has 0 saturated carbocycles. The zero-order valence-corrected chi connectivity index (χ0v) is 16.6. The van der Waals surface area contributed by atoms with Crippen LogP contribution >= 0.6 is 24.0 Å². The minimum Gasteiger partial charge on any atom is -0.339 e. The number of nitrogens with one attached hydrogen (secondary N) is 1. The number of hydrogen-bond donors (Lipinski definition) is 1. The number of halogens is 2. The number of likely N-dealkylation sites (tertiary alicyclic amines) is 1. The predicted octanol–water partition coefficient (Wildman–Crippen LogP) is 4.32. The monoisotopic (exact) mass is 384 g/mol. The third kappa shape index (κ3) is 5.35. The van der Waals surface area contributed by atoms with Gasteiger partial charge in [-0.2, -0.15) is 0 Å². The first kappa shape index (κ1) is 20.5. The van der Waals surface area contributed by atoms with Gasteiger partial charge in [0, 0.05) is 24.0 Å². The summed E-state index contributed by atoms with van der Waals surface area (Å²) >= 11 is 6.31.